The lowest BCUT2D eigenvalue weighted by Crippen LogP contribution is -2.20. The van der Waals surface area contributed by atoms with Gasteiger partial charge < -0.3 is 4.57 Å². The summed E-state index contributed by atoms with van der Waals surface area (Å²) in [4.78, 5) is 34.0. The van der Waals surface area contributed by atoms with Crippen LogP contribution in [0.2, 0.25) is 0 Å². The van der Waals surface area contributed by atoms with Crippen LogP contribution in [0.3, 0.4) is 0 Å². The zero-order chi connectivity index (χ0) is 21.8. The molecule has 0 aromatic carbocycles. The van der Waals surface area contributed by atoms with E-state index < -0.39 is 11.6 Å². The first-order chi connectivity index (χ1) is 14.2. The van der Waals surface area contributed by atoms with Gasteiger partial charge in [0.25, 0.3) is 5.78 Å². The van der Waals surface area contributed by atoms with Gasteiger partial charge in [-0.25, -0.2) is 4.98 Å². The van der Waals surface area contributed by atoms with E-state index in [0.717, 1.165) is 17.8 Å². The van der Waals surface area contributed by atoms with Crippen LogP contribution in [0.5, 0.6) is 0 Å². The summed E-state index contributed by atoms with van der Waals surface area (Å²) in [5.41, 5.74) is 2.55. The zero-order valence-corrected chi connectivity index (χ0v) is 18.5. The topological polar surface area (TPSA) is 64.3 Å². The molecule has 1 heterocycles. The first-order valence-corrected chi connectivity index (χ1v) is 10.5. The van der Waals surface area contributed by atoms with Crippen molar-refractivity contribution in [2.24, 2.45) is 4.99 Å². The van der Waals surface area contributed by atoms with E-state index in [1.807, 2.05) is 63.5 Å². The number of Topliss-reactive ketones (excluding diaryl/α,β-unsaturated/α-hetero) is 2. The highest BCUT2D eigenvalue weighted by Gasteiger charge is 2.34. The molecule has 1 aromatic heterocycles. The van der Waals surface area contributed by atoms with Crippen molar-refractivity contribution >= 4 is 23.4 Å². The van der Waals surface area contributed by atoms with Crippen molar-refractivity contribution in [3.8, 4) is 0 Å². The highest BCUT2D eigenvalue weighted by atomic mass is 16.2. The number of aliphatic imine (C=N–C) groups is 1. The molecule has 0 fully saturated rings. The number of ketones is 2. The molecule has 0 aliphatic heterocycles. The summed E-state index contributed by atoms with van der Waals surface area (Å²) in [6.45, 7) is 10.6. The number of nitrogens with zero attached hydrogens (tertiary/aromatic N) is 3. The Morgan fingerprint density at radius 3 is 2.34 bits per heavy atom. The van der Waals surface area contributed by atoms with Gasteiger partial charge in [-0.2, -0.15) is 0 Å². The van der Waals surface area contributed by atoms with Crippen molar-refractivity contribution in [1.82, 2.24) is 9.55 Å². The van der Waals surface area contributed by atoms with Crippen molar-refractivity contribution in [1.29, 1.82) is 0 Å². The Kier molecular flexibility index (Phi) is 10.5. The molecular formula is C24H33N3O2. The Labute approximate surface area is 174 Å². The molecule has 0 unspecified atom stereocenters. The molecule has 0 amide bonds. The zero-order valence-electron chi connectivity index (χ0n) is 18.5. The van der Waals surface area contributed by atoms with E-state index in [9.17, 15) is 9.59 Å². The molecule has 156 valence electrons. The Bertz CT molecular complexity index is 865. The monoisotopic (exact) mass is 395 g/mol. The van der Waals surface area contributed by atoms with Gasteiger partial charge in [0.2, 0.25) is 5.78 Å². The third-order valence-corrected chi connectivity index (χ3v) is 4.36. The molecule has 0 atom stereocenters. The Hall–Kier alpha value is -2.82. The maximum absolute atomic E-state index is 12.8. The minimum absolute atomic E-state index is 0.423. The quantitative estimate of drug-likeness (QED) is 0.510. The molecule has 0 N–H and O–H groups in total. The molecule has 29 heavy (non-hydrogen) atoms. The van der Waals surface area contributed by atoms with E-state index in [-0.39, 0.29) is 0 Å². The molecule has 2 aliphatic rings. The number of hydrogen-bond acceptors (Lipinski definition) is 4. The predicted octanol–water partition coefficient (Wildman–Crippen LogP) is 5.18. The number of carbonyl (C=O) groups excluding carboxylic acids is 2. The highest BCUT2D eigenvalue weighted by molar-refractivity contribution is 6.50. The van der Waals surface area contributed by atoms with Crippen LogP contribution in [0.1, 0.15) is 69.5 Å². The minimum Gasteiger partial charge on any atom is -0.324 e. The van der Waals surface area contributed by atoms with Crippen LogP contribution < -0.4 is 0 Å². The lowest BCUT2D eigenvalue weighted by Gasteiger charge is -2.09. The second-order valence-electron chi connectivity index (χ2n) is 5.96. The standard InChI is InChI=1S/C20H21N3O2.2C2H6/c1-3-16-22-17-14-9-5-6-10-15(13-14)19(24)20(25)18(17)23(16)12-8-4-7-11-21-2;2*1-2/h4-7,9-11H,3,8,12-13H2,1-2H3;2*1-2H3/b7-4-,21-11?;;. The largest absolute Gasteiger partial charge is 0.324 e. The third kappa shape index (κ3) is 5.59. The van der Waals surface area contributed by atoms with Crippen molar-refractivity contribution in [3.05, 3.63) is 59.2 Å². The van der Waals surface area contributed by atoms with Gasteiger partial charge in [0.15, 0.2) is 0 Å². The smallest absolute Gasteiger partial charge is 0.251 e. The van der Waals surface area contributed by atoms with Crippen molar-refractivity contribution in [2.45, 2.75) is 60.4 Å². The number of carbonyl (C=O) groups is 2. The molecule has 0 radical (unpaired) electrons. The number of aryl methyl sites for hydroxylation is 1. The summed E-state index contributed by atoms with van der Waals surface area (Å²) < 4.78 is 1.91. The Morgan fingerprint density at radius 1 is 1.07 bits per heavy atom. The second kappa shape index (κ2) is 12.6. The molecule has 2 bridgehead atoms. The molecule has 3 rings (SSSR count). The van der Waals surface area contributed by atoms with E-state index in [2.05, 4.69) is 4.99 Å². The van der Waals surface area contributed by atoms with Crippen molar-refractivity contribution in [2.75, 3.05) is 7.05 Å². The predicted molar refractivity (Wildman–Crippen MR) is 122 cm³/mol. The van der Waals surface area contributed by atoms with Gasteiger partial charge in [0.05, 0.1) is 5.69 Å². The lowest BCUT2D eigenvalue weighted by molar-refractivity contribution is -0.111. The van der Waals surface area contributed by atoms with Gasteiger partial charge in [-0.15, -0.1) is 0 Å². The highest BCUT2D eigenvalue weighted by Crippen LogP contribution is 2.33. The van der Waals surface area contributed by atoms with Gasteiger partial charge >= 0.3 is 0 Å². The summed E-state index contributed by atoms with van der Waals surface area (Å²) >= 11 is 0. The van der Waals surface area contributed by atoms with Gasteiger partial charge in [0.1, 0.15) is 11.5 Å². The fourth-order valence-corrected chi connectivity index (χ4v) is 3.15. The van der Waals surface area contributed by atoms with E-state index >= 15 is 0 Å². The van der Waals surface area contributed by atoms with Crippen LogP contribution in [-0.4, -0.2) is 34.4 Å². The lowest BCUT2D eigenvalue weighted by atomic mass is 10.0. The average molecular weight is 396 g/mol. The summed E-state index contributed by atoms with van der Waals surface area (Å²) in [6, 6.07) is 0. The van der Waals surface area contributed by atoms with Gasteiger partial charge in [-0.3, -0.25) is 14.6 Å². The van der Waals surface area contributed by atoms with Gasteiger partial charge in [0, 0.05) is 38.2 Å². The Balaban J connectivity index is 0.000000989. The molecule has 5 heteroatoms. The minimum atomic E-state index is -0.453. The SMILES string of the molecule is CC.CC.CCc1nc2c(n1CC/C=C\C=NC)C(=O)C(=O)C1=CC=CC=C2C1. The van der Waals surface area contributed by atoms with Gasteiger partial charge in [-0.05, 0) is 18.1 Å². The fraction of sp³-hybridized carbons (Fsp3) is 0.417. The summed E-state index contributed by atoms with van der Waals surface area (Å²) in [5.74, 6) is -0.0369. The molecule has 5 nitrogen and oxygen atoms in total. The van der Waals surface area contributed by atoms with Crippen LogP contribution in [0.25, 0.3) is 5.57 Å². The molecule has 0 saturated carbocycles. The molecule has 1 aromatic rings. The summed E-state index contributed by atoms with van der Waals surface area (Å²) in [5, 5.41) is 0. The van der Waals surface area contributed by atoms with Crippen LogP contribution in [0, 0.1) is 0 Å². The summed E-state index contributed by atoms with van der Waals surface area (Å²) in [6.07, 6.45) is 14.9. The molecule has 0 saturated heterocycles. The van der Waals surface area contributed by atoms with Crippen LogP contribution in [0.4, 0.5) is 0 Å². The van der Waals surface area contributed by atoms with E-state index in [4.69, 9.17) is 4.98 Å². The Morgan fingerprint density at radius 2 is 1.72 bits per heavy atom. The maximum atomic E-state index is 12.8. The van der Waals surface area contributed by atoms with E-state index in [1.54, 1.807) is 25.4 Å². The first kappa shape index (κ1) is 24.2. The van der Waals surface area contributed by atoms with Gasteiger partial charge in [-0.1, -0.05) is 65.0 Å². The maximum Gasteiger partial charge on any atom is 0.251 e. The fourth-order valence-electron chi connectivity index (χ4n) is 3.15. The molecule has 2 aliphatic carbocycles. The van der Waals surface area contributed by atoms with Crippen molar-refractivity contribution in [3.63, 3.8) is 0 Å². The van der Waals surface area contributed by atoms with Crippen LogP contribution in [-0.2, 0) is 17.8 Å². The number of imidazole rings is 1. The normalized spacial score (nSPS) is 15.0. The van der Waals surface area contributed by atoms with Crippen molar-refractivity contribution < 1.29 is 9.59 Å². The number of fused-ring (bicyclic) bond motifs is 4. The van der Waals surface area contributed by atoms with E-state index in [0.29, 0.717) is 36.3 Å². The molecule has 0 spiro atoms. The van der Waals surface area contributed by atoms with Crippen LogP contribution in [0.15, 0.2) is 47.0 Å². The average Bonchev–Trinajstić information content (AvgIpc) is 2.90. The number of aromatic nitrogens is 2. The van der Waals surface area contributed by atoms with Crippen LogP contribution >= 0.6 is 0 Å². The van der Waals surface area contributed by atoms with E-state index in [1.165, 1.54) is 0 Å². The third-order valence-electron chi connectivity index (χ3n) is 4.36. The summed E-state index contributed by atoms with van der Waals surface area (Å²) in [7, 11) is 1.72. The number of allylic oxidation sites excluding steroid dienone is 8. The number of hydrogen-bond donors (Lipinski definition) is 0. The second-order valence-corrected chi connectivity index (χ2v) is 5.96. The number of rotatable bonds is 5. The molecular weight excluding hydrogens is 362 g/mol. The first-order valence-electron chi connectivity index (χ1n) is 10.5.